The standard InChI is InChI=1S/C18H25N5O.2ClH/c1-11(2)23-17-15(10-20-23)14(8-16(21-17)13-4-5-13)18(24)22-7-6-19-9-12(22)3;;/h8,10-13,19H,4-7,9H2,1-3H3;2*1H/t12-;;/m1../s1. The van der Waals surface area contributed by atoms with Crippen molar-refractivity contribution in [3.63, 3.8) is 0 Å². The third-order valence-corrected chi connectivity index (χ3v) is 5.06. The molecule has 1 aliphatic heterocycles. The summed E-state index contributed by atoms with van der Waals surface area (Å²) in [4.78, 5) is 20.1. The summed E-state index contributed by atoms with van der Waals surface area (Å²) in [7, 11) is 0. The quantitative estimate of drug-likeness (QED) is 0.860. The lowest BCUT2D eigenvalue weighted by molar-refractivity contribution is 0.0657. The summed E-state index contributed by atoms with van der Waals surface area (Å²) in [5.41, 5.74) is 2.67. The van der Waals surface area contributed by atoms with Crippen LogP contribution in [0, 0.1) is 0 Å². The van der Waals surface area contributed by atoms with Gasteiger partial charge in [-0.05, 0) is 39.7 Å². The summed E-state index contributed by atoms with van der Waals surface area (Å²) in [6.45, 7) is 8.74. The molecule has 0 spiro atoms. The SMILES string of the molecule is CC(C)n1ncc2c(C(=O)N3CCNC[C@H]3C)cc(C3CC3)nc21.Cl.Cl. The monoisotopic (exact) mass is 399 g/mol. The maximum absolute atomic E-state index is 13.2. The lowest BCUT2D eigenvalue weighted by atomic mass is 10.1. The zero-order valence-corrected chi connectivity index (χ0v) is 17.1. The van der Waals surface area contributed by atoms with E-state index in [2.05, 4.69) is 31.2 Å². The van der Waals surface area contributed by atoms with Gasteiger partial charge in [-0.15, -0.1) is 24.8 Å². The Morgan fingerprint density at radius 2 is 2.04 bits per heavy atom. The van der Waals surface area contributed by atoms with Crippen LogP contribution in [0.5, 0.6) is 0 Å². The van der Waals surface area contributed by atoms with Crippen molar-refractivity contribution in [1.29, 1.82) is 0 Å². The van der Waals surface area contributed by atoms with E-state index in [9.17, 15) is 4.79 Å². The Balaban J connectivity index is 0.00000121. The highest BCUT2D eigenvalue weighted by molar-refractivity contribution is 6.05. The smallest absolute Gasteiger partial charge is 0.255 e. The molecule has 26 heavy (non-hydrogen) atoms. The highest BCUT2D eigenvalue weighted by Gasteiger charge is 2.31. The van der Waals surface area contributed by atoms with Crippen molar-refractivity contribution in [1.82, 2.24) is 25.0 Å². The summed E-state index contributed by atoms with van der Waals surface area (Å²) >= 11 is 0. The fourth-order valence-electron chi connectivity index (χ4n) is 3.48. The molecule has 0 aromatic carbocycles. The van der Waals surface area contributed by atoms with Crippen LogP contribution < -0.4 is 5.32 Å². The minimum atomic E-state index is 0. The van der Waals surface area contributed by atoms with Gasteiger partial charge in [-0.1, -0.05) is 0 Å². The van der Waals surface area contributed by atoms with Gasteiger partial charge in [-0.25, -0.2) is 9.67 Å². The number of aromatic nitrogens is 3. The Hall–Kier alpha value is -1.37. The first-order valence-corrected chi connectivity index (χ1v) is 8.96. The number of halogens is 2. The molecular formula is C18H27Cl2N5O. The minimum Gasteiger partial charge on any atom is -0.333 e. The van der Waals surface area contributed by atoms with Gasteiger partial charge in [-0.3, -0.25) is 4.79 Å². The molecule has 6 nitrogen and oxygen atoms in total. The minimum absolute atomic E-state index is 0. The molecular weight excluding hydrogens is 373 g/mol. The topological polar surface area (TPSA) is 63.1 Å². The lowest BCUT2D eigenvalue weighted by Crippen LogP contribution is -2.52. The number of pyridine rings is 1. The molecule has 8 heteroatoms. The number of amides is 1. The Bertz CT molecular complexity index is 787. The van der Waals surface area contributed by atoms with E-state index in [-0.39, 0.29) is 42.8 Å². The lowest BCUT2D eigenvalue weighted by Gasteiger charge is -2.34. The Kier molecular flexibility index (Phi) is 6.53. The van der Waals surface area contributed by atoms with Crippen LogP contribution in [0.15, 0.2) is 12.3 Å². The van der Waals surface area contributed by atoms with E-state index in [1.54, 1.807) is 6.20 Å². The second kappa shape index (κ2) is 8.11. The summed E-state index contributed by atoms with van der Waals surface area (Å²) in [5, 5.41) is 8.72. The molecule has 0 radical (unpaired) electrons. The maximum Gasteiger partial charge on any atom is 0.255 e. The van der Waals surface area contributed by atoms with Gasteiger partial charge in [0.15, 0.2) is 5.65 Å². The maximum atomic E-state index is 13.2. The molecule has 2 aliphatic rings. The molecule has 144 valence electrons. The average molecular weight is 400 g/mol. The Morgan fingerprint density at radius 3 is 2.65 bits per heavy atom. The van der Waals surface area contributed by atoms with Crippen molar-refractivity contribution in [3.05, 3.63) is 23.5 Å². The number of nitrogens with zero attached hydrogens (tertiary/aromatic N) is 4. The van der Waals surface area contributed by atoms with Crippen LogP contribution in [-0.4, -0.2) is 51.2 Å². The van der Waals surface area contributed by atoms with Crippen molar-refractivity contribution >= 4 is 41.8 Å². The molecule has 4 rings (SSSR count). The van der Waals surface area contributed by atoms with E-state index in [4.69, 9.17) is 4.98 Å². The normalized spacial score (nSPS) is 20.0. The van der Waals surface area contributed by atoms with Crippen molar-refractivity contribution in [2.75, 3.05) is 19.6 Å². The fraction of sp³-hybridized carbons (Fsp3) is 0.611. The number of nitrogens with one attached hydrogen (secondary N) is 1. The van der Waals surface area contributed by atoms with Crippen LogP contribution >= 0.6 is 24.8 Å². The average Bonchev–Trinajstić information content (AvgIpc) is 3.32. The predicted octanol–water partition coefficient (Wildman–Crippen LogP) is 3.17. The summed E-state index contributed by atoms with van der Waals surface area (Å²) < 4.78 is 1.93. The number of hydrogen-bond donors (Lipinski definition) is 1. The highest BCUT2D eigenvalue weighted by Crippen LogP contribution is 2.40. The van der Waals surface area contributed by atoms with Gasteiger partial charge in [0.25, 0.3) is 5.91 Å². The van der Waals surface area contributed by atoms with Crippen LogP contribution in [0.3, 0.4) is 0 Å². The number of rotatable bonds is 3. The fourth-order valence-corrected chi connectivity index (χ4v) is 3.48. The summed E-state index contributed by atoms with van der Waals surface area (Å²) in [6, 6.07) is 2.45. The van der Waals surface area contributed by atoms with Gasteiger partial charge >= 0.3 is 0 Å². The molecule has 2 fully saturated rings. The second-order valence-electron chi connectivity index (χ2n) is 7.34. The van der Waals surface area contributed by atoms with Crippen LogP contribution in [0.25, 0.3) is 11.0 Å². The number of carbonyl (C=O) groups excluding carboxylic acids is 1. The van der Waals surface area contributed by atoms with Gasteiger partial charge in [0.1, 0.15) is 0 Å². The molecule has 3 heterocycles. The van der Waals surface area contributed by atoms with Gasteiger partial charge in [0.2, 0.25) is 0 Å². The molecule has 1 N–H and O–H groups in total. The molecule has 1 saturated carbocycles. The van der Waals surface area contributed by atoms with Gasteiger partial charge in [0.05, 0.1) is 17.1 Å². The van der Waals surface area contributed by atoms with E-state index < -0.39 is 0 Å². The van der Waals surface area contributed by atoms with Crippen molar-refractivity contribution in [2.45, 2.75) is 51.6 Å². The zero-order chi connectivity index (χ0) is 16.8. The zero-order valence-electron chi connectivity index (χ0n) is 15.4. The first-order chi connectivity index (χ1) is 11.6. The second-order valence-corrected chi connectivity index (χ2v) is 7.34. The van der Waals surface area contributed by atoms with Crippen LogP contribution in [0.2, 0.25) is 0 Å². The first kappa shape index (κ1) is 20.9. The van der Waals surface area contributed by atoms with Gasteiger partial charge < -0.3 is 10.2 Å². The van der Waals surface area contributed by atoms with Crippen molar-refractivity contribution in [2.24, 2.45) is 0 Å². The first-order valence-electron chi connectivity index (χ1n) is 8.96. The molecule has 1 amide bonds. The van der Waals surface area contributed by atoms with Crippen LogP contribution in [-0.2, 0) is 0 Å². The summed E-state index contributed by atoms with van der Waals surface area (Å²) in [6.07, 6.45) is 4.15. The third kappa shape index (κ3) is 3.68. The highest BCUT2D eigenvalue weighted by atomic mass is 35.5. The van der Waals surface area contributed by atoms with Crippen LogP contribution in [0.1, 0.15) is 61.6 Å². The summed E-state index contributed by atoms with van der Waals surface area (Å²) in [5.74, 6) is 0.624. The van der Waals surface area contributed by atoms with Gasteiger partial charge in [0, 0.05) is 43.3 Å². The van der Waals surface area contributed by atoms with Crippen molar-refractivity contribution < 1.29 is 4.79 Å². The Labute approximate surface area is 166 Å². The predicted molar refractivity (Wildman–Crippen MR) is 108 cm³/mol. The molecule has 1 saturated heterocycles. The Morgan fingerprint density at radius 1 is 1.31 bits per heavy atom. The number of carbonyl (C=O) groups is 1. The van der Waals surface area contributed by atoms with Crippen molar-refractivity contribution in [3.8, 4) is 0 Å². The van der Waals surface area contributed by atoms with E-state index in [1.165, 1.54) is 12.8 Å². The molecule has 0 unspecified atom stereocenters. The number of fused-ring (bicyclic) bond motifs is 1. The van der Waals surface area contributed by atoms with E-state index in [1.807, 2.05) is 15.6 Å². The molecule has 2 aromatic rings. The number of piperazine rings is 1. The number of hydrogen-bond acceptors (Lipinski definition) is 4. The largest absolute Gasteiger partial charge is 0.333 e. The third-order valence-electron chi connectivity index (χ3n) is 5.06. The van der Waals surface area contributed by atoms with E-state index in [0.29, 0.717) is 5.92 Å². The van der Waals surface area contributed by atoms with Crippen LogP contribution in [0.4, 0.5) is 0 Å². The molecule has 0 bridgehead atoms. The van der Waals surface area contributed by atoms with Gasteiger partial charge in [-0.2, -0.15) is 5.10 Å². The molecule has 1 atom stereocenters. The van der Waals surface area contributed by atoms with E-state index in [0.717, 1.165) is 41.9 Å². The van der Waals surface area contributed by atoms with E-state index >= 15 is 0 Å². The molecule has 1 aliphatic carbocycles. The molecule has 2 aromatic heterocycles.